The quantitative estimate of drug-likeness (QED) is 0.789. The summed E-state index contributed by atoms with van der Waals surface area (Å²) in [6.07, 6.45) is 2.58. The summed E-state index contributed by atoms with van der Waals surface area (Å²) in [5, 5.41) is 8.37. The van der Waals surface area contributed by atoms with E-state index in [1.807, 2.05) is 18.2 Å². The maximum atomic E-state index is 10.2. The molecule has 0 aliphatic carbocycles. The van der Waals surface area contributed by atoms with Gasteiger partial charge in [0.15, 0.2) is 0 Å². The van der Waals surface area contributed by atoms with Gasteiger partial charge in [-0.15, -0.1) is 24.2 Å². The fourth-order valence-electron chi connectivity index (χ4n) is 0.882. The third kappa shape index (κ3) is 5.83. The third-order valence-electron chi connectivity index (χ3n) is 1.45. The fourth-order valence-corrected chi connectivity index (χ4v) is 1.55. The highest BCUT2D eigenvalue weighted by Gasteiger charge is 1.97. The molecule has 0 aliphatic heterocycles. The van der Waals surface area contributed by atoms with E-state index >= 15 is 0 Å². The molecule has 0 aliphatic rings. The monoisotopic (exact) mass is 233 g/mol. The largest absolute Gasteiger partial charge is 0.481 e. The van der Waals surface area contributed by atoms with Gasteiger partial charge in [-0.05, 0) is 24.3 Å². The highest BCUT2D eigenvalue weighted by Crippen LogP contribution is 2.03. The number of thioether (sulfide) groups is 1. The van der Waals surface area contributed by atoms with Gasteiger partial charge in [-0.1, -0.05) is 6.07 Å². The summed E-state index contributed by atoms with van der Waals surface area (Å²) < 4.78 is 0. The number of nitrogens with zero attached hydrogens (tertiary/aromatic N) is 1. The Morgan fingerprint density at radius 1 is 1.50 bits per heavy atom. The number of hydrogen-bond donors (Lipinski definition) is 1. The zero-order valence-corrected chi connectivity index (χ0v) is 9.18. The summed E-state index contributed by atoms with van der Waals surface area (Å²) in [5.74, 6) is 0.224. The average Bonchev–Trinajstić information content (AvgIpc) is 2.14. The van der Waals surface area contributed by atoms with Crippen LogP contribution in [0, 0.1) is 0 Å². The molecular weight excluding hydrogens is 222 g/mol. The Hall–Kier alpha value is -0.740. The van der Waals surface area contributed by atoms with Gasteiger partial charge in [-0.25, -0.2) is 0 Å². The lowest BCUT2D eigenvalue weighted by Gasteiger charge is -1.98. The summed E-state index contributed by atoms with van der Waals surface area (Å²) in [6, 6.07) is 5.75. The van der Waals surface area contributed by atoms with Gasteiger partial charge in [0, 0.05) is 11.9 Å². The second kappa shape index (κ2) is 7.64. The van der Waals surface area contributed by atoms with Gasteiger partial charge >= 0.3 is 5.97 Å². The lowest BCUT2D eigenvalue weighted by atomic mass is 10.3. The Bertz CT molecular complexity index is 269. The molecule has 0 spiro atoms. The van der Waals surface area contributed by atoms with Gasteiger partial charge in [0.25, 0.3) is 0 Å². The SMILES string of the molecule is Cl.O=C(O)CSCCc1ccccn1. The number of rotatable bonds is 5. The molecule has 0 saturated heterocycles. The smallest absolute Gasteiger partial charge is 0.313 e. The number of carboxylic acid groups (broad SMARTS) is 1. The van der Waals surface area contributed by atoms with Crippen LogP contribution in [0.2, 0.25) is 0 Å². The highest BCUT2D eigenvalue weighted by atomic mass is 35.5. The lowest BCUT2D eigenvalue weighted by Crippen LogP contribution is -2.00. The van der Waals surface area contributed by atoms with E-state index in [4.69, 9.17) is 5.11 Å². The second-order valence-electron chi connectivity index (χ2n) is 2.52. The molecule has 1 N–H and O–H groups in total. The van der Waals surface area contributed by atoms with Crippen molar-refractivity contribution in [3.8, 4) is 0 Å². The summed E-state index contributed by atoms with van der Waals surface area (Å²) in [5.41, 5.74) is 1.01. The summed E-state index contributed by atoms with van der Waals surface area (Å²) in [7, 11) is 0. The third-order valence-corrected chi connectivity index (χ3v) is 2.40. The van der Waals surface area contributed by atoms with Gasteiger partial charge < -0.3 is 5.11 Å². The van der Waals surface area contributed by atoms with Gasteiger partial charge in [0.05, 0.1) is 5.75 Å². The van der Waals surface area contributed by atoms with Crippen LogP contribution in [0.15, 0.2) is 24.4 Å². The maximum absolute atomic E-state index is 10.2. The molecule has 0 bridgehead atoms. The van der Waals surface area contributed by atoms with Crippen molar-refractivity contribution in [3.63, 3.8) is 0 Å². The zero-order chi connectivity index (χ0) is 9.52. The van der Waals surface area contributed by atoms with Crippen molar-refractivity contribution in [1.82, 2.24) is 4.98 Å². The Labute approximate surface area is 93.3 Å². The molecule has 78 valence electrons. The zero-order valence-electron chi connectivity index (χ0n) is 7.55. The normalized spacial score (nSPS) is 9.14. The summed E-state index contributed by atoms with van der Waals surface area (Å²) >= 11 is 1.42. The van der Waals surface area contributed by atoms with Crippen molar-refractivity contribution < 1.29 is 9.90 Å². The molecule has 5 heteroatoms. The van der Waals surface area contributed by atoms with Crippen LogP contribution in [0.4, 0.5) is 0 Å². The number of pyridine rings is 1. The van der Waals surface area contributed by atoms with Crippen molar-refractivity contribution >= 4 is 30.1 Å². The summed E-state index contributed by atoms with van der Waals surface area (Å²) in [6.45, 7) is 0. The molecule has 1 aromatic heterocycles. The summed E-state index contributed by atoms with van der Waals surface area (Å²) in [4.78, 5) is 14.3. The molecule has 1 heterocycles. The lowest BCUT2D eigenvalue weighted by molar-refractivity contribution is -0.133. The Balaban J connectivity index is 0.00000169. The van der Waals surface area contributed by atoms with E-state index in [-0.39, 0.29) is 18.2 Å². The van der Waals surface area contributed by atoms with E-state index in [0.29, 0.717) is 0 Å². The first-order valence-electron chi connectivity index (χ1n) is 3.98. The number of aromatic nitrogens is 1. The molecule has 1 aromatic rings. The van der Waals surface area contributed by atoms with Crippen LogP contribution in [0.1, 0.15) is 5.69 Å². The minimum Gasteiger partial charge on any atom is -0.481 e. The number of hydrogen-bond acceptors (Lipinski definition) is 3. The van der Waals surface area contributed by atoms with Crippen LogP contribution in [0.25, 0.3) is 0 Å². The highest BCUT2D eigenvalue weighted by molar-refractivity contribution is 7.99. The first kappa shape index (κ1) is 13.3. The van der Waals surface area contributed by atoms with Crippen LogP contribution in [0.5, 0.6) is 0 Å². The number of aliphatic carboxylic acids is 1. The molecule has 0 fully saturated rings. The first-order chi connectivity index (χ1) is 6.29. The predicted octanol–water partition coefficient (Wildman–Crippen LogP) is 1.86. The van der Waals surface area contributed by atoms with Crippen LogP contribution in [-0.4, -0.2) is 27.6 Å². The van der Waals surface area contributed by atoms with Crippen molar-refractivity contribution in [2.45, 2.75) is 6.42 Å². The molecule has 0 radical (unpaired) electrons. The van der Waals surface area contributed by atoms with Crippen molar-refractivity contribution in [3.05, 3.63) is 30.1 Å². The van der Waals surface area contributed by atoms with Crippen LogP contribution in [-0.2, 0) is 11.2 Å². The molecule has 0 unspecified atom stereocenters. The van der Waals surface area contributed by atoms with Crippen LogP contribution >= 0.6 is 24.2 Å². The molecule has 14 heavy (non-hydrogen) atoms. The topological polar surface area (TPSA) is 50.2 Å². The average molecular weight is 234 g/mol. The van der Waals surface area contributed by atoms with Gasteiger partial charge in [0.1, 0.15) is 0 Å². The Kier molecular flexibility index (Phi) is 7.24. The van der Waals surface area contributed by atoms with E-state index in [2.05, 4.69) is 4.98 Å². The molecule has 0 amide bonds. The van der Waals surface area contributed by atoms with Crippen LogP contribution < -0.4 is 0 Å². The van der Waals surface area contributed by atoms with Gasteiger partial charge in [-0.2, -0.15) is 0 Å². The number of carbonyl (C=O) groups is 1. The van der Waals surface area contributed by atoms with Gasteiger partial charge in [-0.3, -0.25) is 9.78 Å². The number of carboxylic acids is 1. The molecule has 0 atom stereocenters. The maximum Gasteiger partial charge on any atom is 0.313 e. The fraction of sp³-hybridized carbons (Fsp3) is 0.333. The van der Waals surface area contributed by atoms with E-state index in [1.165, 1.54) is 11.8 Å². The molecule has 3 nitrogen and oxygen atoms in total. The Morgan fingerprint density at radius 2 is 2.29 bits per heavy atom. The number of halogens is 1. The van der Waals surface area contributed by atoms with Crippen molar-refractivity contribution in [2.24, 2.45) is 0 Å². The molecular formula is C9H12ClNO2S. The Morgan fingerprint density at radius 3 is 2.86 bits per heavy atom. The van der Waals surface area contributed by atoms with Crippen LogP contribution in [0.3, 0.4) is 0 Å². The van der Waals surface area contributed by atoms with Crippen molar-refractivity contribution in [2.75, 3.05) is 11.5 Å². The molecule has 0 saturated carbocycles. The number of aryl methyl sites for hydroxylation is 1. The van der Waals surface area contributed by atoms with Gasteiger partial charge in [0.2, 0.25) is 0 Å². The van der Waals surface area contributed by atoms with E-state index in [9.17, 15) is 4.79 Å². The predicted molar refractivity (Wildman–Crippen MR) is 60.1 cm³/mol. The molecule has 1 rings (SSSR count). The first-order valence-corrected chi connectivity index (χ1v) is 5.14. The minimum absolute atomic E-state index is 0. The van der Waals surface area contributed by atoms with E-state index in [0.717, 1.165) is 17.9 Å². The van der Waals surface area contributed by atoms with E-state index < -0.39 is 5.97 Å². The molecule has 0 aromatic carbocycles. The second-order valence-corrected chi connectivity index (χ2v) is 3.62. The minimum atomic E-state index is -0.758. The standard InChI is InChI=1S/C9H11NO2S.ClH/c11-9(12)7-13-6-4-8-3-1-2-5-10-8;/h1-3,5H,4,6-7H2,(H,11,12);1H. The van der Waals surface area contributed by atoms with E-state index in [1.54, 1.807) is 6.20 Å². The van der Waals surface area contributed by atoms with Crippen molar-refractivity contribution in [1.29, 1.82) is 0 Å².